The number of nitrogens with one attached hydrogen (secondary N) is 1. The zero-order chi connectivity index (χ0) is 21.2. The number of thiophene rings is 1. The number of sulfone groups is 1. The first-order valence-corrected chi connectivity index (χ1v) is 12.5. The minimum Gasteiger partial charge on any atom is -0.264 e. The number of hydrogen-bond donors (Lipinski definition) is 1. The van der Waals surface area contributed by atoms with Crippen LogP contribution in [0.1, 0.15) is 16.4 Å². The van der Waals surface area contributed by atoms with Gasteiger partial charge in [-0.05, 0) is 54.4 Å². The minimum atomic E-state index is -4.05. The SMILES string of the molecule is Cc1cc(S(=O)(=O)[C@H](CNS(=O)(=O)c2ccc(Cl)s2)c2cccnc2)ccc1F. The molecule has 0 unspecified atom stereocenters. The van der Waals surface area contributed by atoms with Gasteiger partial charge in [0.2, 0.25) is 10.0 Å². The summed E-state index contributed by atoms with van der Waals surface area (Å²) in [4.78, 5) is 3.83. The fraction of sp³-hybridized carbons (Fsp3) is 0.167. The van der Waals surface area contributed by atoms with Gasteiger partial charge >= 0.3 is 0 Å². The number of aryl methyl sites for hydroxylation is 1. The molecule has 2 aromatic heterocycles. The van der Waals surface area contributed by atoms with Crippen LogP contribution in [-0.2, 0) is 19.9 Å². The van der Waals surface area contributed by atoms with Crippen LogP contribution in [0.3, 0.4) is 0 Å². The summed E-state index contributed by atoms with van der Waals surface area (Å²) >= 11 is 6.66. The van der Waals surface area contributed by atoms with Gasteiger partial charge in [-0.25, -0.2) is 25.9 Å². The Kier molecular flexibility index (Phi) is 6.39. The molecule has 0 radical (unpaired) electrons. The van der Waals surface area contributed by atoms with Gasteiger partial charge in [-0.1, -0.05) is 17.7 Å². The first-order chi connectivity index (χ1) is 13.6. The third-order valence-electron chi connectivity index (χ3n) is 4.16. The molecule has 3 rings (SSSR count). The average Bonchev–Trinajstić information content (AvgIpc) is 3.12. The summed E-state index contributed by atoms with van der Waals surface area (Å²) in [6.07, 6.45) is 2.84. The summed E-state index contributed by atoms with van der Waals surface area (Å²) in [7, 11) is -8.01. The van der Waals surface area contributed by atoms with Gasteiger partial charge in [0, 0.05) is 18.9 Å². The van der Waals surface area contributed by atoms with Gasteiger partial charge in [0.15, 0.2) is 9.84 Å². The predicted octanol–water partition coefficient (Wildman–Crippen LogP) is 3.74. The van der Waals surface area contributed by atoms with Crippen LogP contribution in [0.5, 0.6) is 0 Å². The van der Waals surface area contributed by atoms with E-state index in [1.165, 1.54) is 37.5 Å². The summed E-state index contributed by atoms with van der Waals surface area (Å²) < 4.78 is 67.7. The van der Waals surface area contributed by atoms with Crippen molar-refractivity contribution in [2.45, 2.75) is 21.3 Å². The number of aromatic nitrogens is 1. The summed E-state index contributed by atoms with van der Waals surface area (Å²) in [6, 6.07) is 9.34. The highest BCUT2D eigenvalue weighted by Gasteiger charge is 2.31. The molecular formula is C18H16ClFN2O4S3. The molecule has 0 aliphatic heterocycles. The van der Waals surface area contributed by atoms with Gasteiger partial charge in [0.25, 0.3) is 0 Å². The lowest BCUT2D eigenvalue weighted by atomic mass is 10.2. The molecule has 1 N–H and O–H groups in total. The van der Waals surface area contributed by atoms with E-state index in [4.69, 9.17) is 11.6 Å². The number of halogens is 2. The molecule has 0 fully saturated rings. The van der Waals surface area contributed by atoms with Gasteiger partial charge < -0.3 is 0 Å². The summed E-state index contributed by atoms with van der Waals surface area (Å²) in [6.45, 7) is 1.03. The fourth-order valence-electron chi connectivity index (χ4n) is 2.63. The Balaban J connectivity index is 1.98. The van der Waals surface area contributed by atoms with E-state index < -0.39 is 37.5 Å². The van der Waals surface area contributed by atoms with Crippen molar-refractivity contribution >= 4 is 42.8 Å². The van der Waals surface area contributed by atoms with Crippen LogP contribution in [0.25, 0.3) is 0 Å². The van der Waals surface area contributed by atoms with Crippen LogP contribution in [0.2, 0.25) is 4.34 Å². The zero-order valence-electron chi connectivity index (χ0n) is 15.0. The largest absolute Gasteiger partial charge is 0.264 e. The molecule has 0 aliphatic rings. The zero-order valence-corrected chi connectivity index (χ0v) is 18.2. The van der Waals surface area contributed by atoms with Crippen LogP contribution >= 0.6 is 22.9 Å². The number of sulfonamides is 1. The highest BCUT2D eigenvalue weighted by molar-refractivity contribution is 7.92. The van der Waals surface area contributed by atoms with Crippen LogP contribution < -0.4 is 4.72 Å². The Labute approximate surface area is 177 Å². The van der Waals surface area contributed by atoms with E-state index >= 15 is 0 Å². The Morgan fingerprint density at radius 2 is 1.93 bits per heavy atom. The van der Waals surface area contributed by atoms with Crippen molar-refractivity contribution in [1.29, 1.82) is 0 Å². The molecule has 0 bridgehead atoms. The van der Waals surface area contributed by atoms with Crippen molar-refractivity contribution in [3.8, 4) is 0 Å². The third-order valence-corrected chi connectivity index (χ3v) is 9.41. The Bertz CT molecular complexity index is 1230. The third kappa shape index (κ3) is 4.84. The molecule has 1 aromatic carbocycles. The predicted molar refractivity (Wildman–Crippen MR) is 110 cm³/mol. The number of hydrogen-bond acceptors (Lipinski definition) is 6. The Morgan fingerprint density at radius 3 is 2.52 bits per heavy atom. The first kappa shape index (κ1) is 21.8. The first-order valence-electron chi connectivity index (χ1n) is 8.26. The maximum atomic E-state index is 13.6. The summed E-state index contributed by atoms with van der Waals surface area (Å²) in [5.74, 6) is -0.530. The second-order valence-electron chi connectivity index (χ2n) is 6.14. The van der Waals surface area contributed by atoms with Crippen LogP contribution in [-0.4, -0.2) is 28.4 Å². The lowest BCUT2D eigenvalue weighted by Gasteiger charge is -2.19. The van der Waals surface area contributed by atoms with Gasteiger partial charge in [-0.2, -0.15) is 0 Å². The Morgan fingerprint density at radius 1 is 1.17 bits per heavy atom. The number of rotatable bonds is 7. The molecule has 29 heavy (non-hydrogen) atoms. The van der Waals surface area contributed by atoms with E-state index in [0.29, 0.717) is 9.90 Å². The summed E-state index contributed by atoms with van der Waals surface area (Å²) in [5.41, 5.74) is 0.478. The second kappa shape index (κ2) is 8.49. The maximum absolute atomic E-state index is 13.6. The molecule has 0 spiro atoms. The molecule has 3 aromatic rings. The lowest BCUT2D eigenvalue weighted by Crippen LogP contribution is -2.31. The minimum absolute atomic E-state index is 0.0255. The van der Waals surface area contributed by atoms with Crippen molar-refractivity contribution in [2.75, 3.05) is 6.54 Å². The smallest absolute Gasteiger partial charge is 0.250 e. The molecule has 6 nitrogen and oxygen atoms in total. The highest BCUT2D eigenvalue weighted by Crippen LogP contribution is 2.30. The molecule has 154 valence electrons. The summed E-state index contributed by atoms with van der Waals surface area (Å²) in [5, 5.41) is -1.26. The van der Waals surface area contributed by atoms with Gasteiger partial charge in [0.05, 0.1) is 9.23 Å². The lowest BCUT2D eigenvalue weighted by molar-refractivity contribution is 0.569. The van der Waals surface area contributed by atoms with E-state index in [-0.39, 0.29) is 14.7 Å². The van der Waals surface area contributed by atoms with E-state index in [0.717, 1.165) is 23.5 Å². The van der Waals surface area contributed by atoms with Crippen LogP contribution in [0.15, 0.2) is 64.0 Å². The molecule has 1 atom stereocenters. The van der Waals surface area contributed by atoms with E-state index in [1.54, 1.807) is 12.1 Å². The quantitative estimate of drug-likeness (QED) is 0.526. The molecule has 0 saturated carbocycles. The molecule has 0 aliphatic carbocycles. The second-order valence-corrected chi connectivity index (χ2v) is 12.0. The number of benzene rings is 1. The van der Waals surface area contributed by atoms with Crippen molar-refractivity contribution in [3.05, 3.63) is 76.1 Å². The topological polar surface area (TPSA) is 93.2 Å². The van der Waals surface area contributed by atoms with Gasteiger partial charge in [-0.15, -0.1) is 11.3 Å². The average molecular weight is 475 g/mol. The van der Waals surface area contributed by atoms with Crippen molar-refractivity contribution in [2.24, 2.45) is 0 Å². The van der Waals surface area contributed by atoms with Crippen LogP contribution in [0, 0.1) is 12.7 Å². The van der Waals surface area contributed by atoms with Gasteiger partial charge in [-0.3, -0.25) is 4.98 Å². The Hall–Kier alpha value is -1.85. The number of pyridine rings is 1. The number of nitrogens with zero attached hydrogens (tertiary/aromatic N) is 1. The molecule has 0 saturated heterocycles. The van der Waals surface area contributed by atoms with Crippen molar-refractivity contribution in [3.63, 3.8) is 0 Å². The van der Waals surface area contributed by atoms with Crippen molar-refractivity contribution in [1.82, 2.24) is 9.71 Å². The normalized spacial score (nSPS) is 13.3. The molecule has 11 heteroatoms. The van der Waals surface area contributed by atoms with E-state index in [1.807, 2.05) is 0 Å². The van der Waals surface area contributed by atoms with Crippen molar-refractivity contribution < 1.29 is 21.2 Å². The highest BCUT2D eigenvalue weighted by atomic mass is 35.5. The standard InChI is InChI=1S/C18H16ClFN2O4S3/c1-12-9-14(4-5-15(12)20)28(23,24)16(13-3-2-8-21-10-13)11-22-29(25,26)18-7-6-17(19)27-18/h2-10,16,22H,11H2,1H3/t16-/m1/s1. The van der Waals surface area contributed by atoms with Gasteiger partial charge in [0.1, 0.15) is 15.3 Å². The van der Waals surface area contributed by atoms with E-state index in [9.17, 15) is 21.2 Å². The van der Waals surface area contributed by atoms with E-state index in [2.05, 4.69) is 9.71 Å². The fourth-order valence-corrected chi connectivity index (χ4v) is 7.04. The molecule has 0 amide bonds. The maximum Gasteiger partial charge on any atom is 0.250 e. The molecule has 2 heterocycles. The van der Waals surface area contributed by atoms with Crippen LogP contribution in [0.4, 0.5) is 4.39 Å². The monoisotopic (exact) mass is 474 g/mol. The molecular weight excluding hydrogens is 459 g/mol.